The fourth-order valence-electron chi connectivity index (χ4n) is 4.71. The van der Waals surface area contributed by atoms with E-state index >= 15 is 0 Å². The molecule has 7 atom stereocenters. The zero-order valence-corrected chi connectivity index (χ0v) is 23.1. The van der Waals surface area contributed by atoms with Crippen LogP contribution in [-0.4, -0.2) is 117 Å². The smallest absolute Gasteiger partial charge is 0.254 e. The van der Waals surface area contributed by atoms with Gasteiger partial charge in [0.2, 0.25) is 0 Å². The standard InChI is InChI=1S/C25H46N2O9/c1-14(2)10-26(11-15(3)28)22(31)20-18(33-24(6,7)35-20)19-21(36-25(8,9)34-19)23(32)27(12-16(4)29)13-17(5)30/h14-21,28-30H,10-13H2,1-9H3/t15?,16?,17?,18-,19+,20+,21-/m0/s1. The van der Waals surface area contributed by atoms with Gasteiger partial charge in [-0.3, -0.25) is 9.59 Å². The molecule has 11 heteroatoms. The van der Waals surface area contributed by atoms with Gasteiger partial charge in [0.05, 0.1) is 18.3 Å². The van der Waals surface area contributed by atoms with Crippen LogP contribution in [0.25, 0.3) is 0 Å². The van der Waals surface area contributed by atoms with Crippen LogP contribution in [0.3, 0.4) is 0 Å². The van der Waals surface area contributed by atoms with E-state index in [1.165, 1.54) is 4.90 Å². The van der Waals surface area contributed by atoms with Crippen LogP contribution in [0, 0.1) is 5.92 Å². The molecule has 2 rings (SSSR count). The zero-order valence-electron chi connectivity index (χ0n) is 23.1. The number of aliphatic hydroxyl groups is 3. The number of hydrogen-bond acceptors (Lipinski definition) is 9. The van der Waals surface area contributed by atoms with Gasteiger partial charge in [0, 0.05) is 26.2 Å². The third-order valence-corrected chi connectivity index (χ3v) is 5.73. The van der Waals surface area contributed by atoms with Gasteiger partial charge < -0.3 is 44.1 Å². The summed E-state index contributed by atoms with van der Waals surface area (Å²) in [5, 5.41) is 29.9. The second-order valence-electron chi connectivity index (χ2n) is 11.5. The van der Waals surface area contributed by atoms with Crippen molar-refractivity contribution in [2.24, 2.45) is 5.92 Å². The summed E-state index contributed by atoms with van der Waals surface area (Å²) in [6.07, 6.45) is -6.64. The number of hydrogen-bond donors (Lipinski definition) is 3. The summed E-state index contributed by atoms with van der Waals surface area (Å²) in [5.74, 6) is -3.01. The minimum atomic E-state index is -1.16. The lowest BCUT2D eigenvalue weighted by molar-refractivity contribution is -0.176. The van der Waals surface area contributed by atoms with Crippen molar-refractivity contribution in [3.8, 4) is 0 Å². The molecule has 0 aromatic rings. The Balaban J connectivity index is 2.41. The number of aliphatic hydroxyl groups excluding tert-OH is 3. The fraction of sp³-hybridized carbons (Fsp3) is 0.920. The average Bonchev–Trinajstić information content (AvgIpc) is 3.19. The van der Waals surface area contributed by atoms with Crippen molar-refractivity contribution in [1.82, 2.24) is 9.80 Å². The van der Waals surface area contributed by atoms with Crippen molar-refractivity contribution in [2.45, 2.75) is 117 Å². The highest BCUT2D eigenvalue weighted by Gasteiger charge is 2.58. The van der Waals surface area contributed by atoms with E-state index in [9.17, 15) is 24.9 Å². The Labute approximate surface area is 214 Å². The van der Waals surface area contributed by atoms with Crippen LogP contribution < -0.4 is 0 Å². The molecule has 0 radical (unpaired) electrons. The predicted octanol–water partition coefficient (Wildman–Crippen LogP) is 0.482. The normalized spacial score (nSPS) is 29.7. The fourth-order valence-corrected chi connectivity index (χ4v) is 4.71. The van der Waals surface area contributed by atoms with E-state index in [0.717, 1.165) is 0 Å². The van der Waals surface area contributed by atoms with E-state index in [1.807, 2.05) is 13.8 Å². The molecular weight excluding hydrogens is 472 g/mol. The number of carbonyl (C=O) groups excluding carboxylic acids is 2. The van der Waals surface area contributed by atoms with Crippen LogP contribution in [0.5, 0.6) is 0 Å². The van der Waals surface area contributed by atoms with Crippen molar-refractivity contribution >= 4 is 11.8 Å². The Morgan fingerprint density at radius 1 is 0.639 bits per heavy atom. The molecule has 3 N–H and O–H groups in total. The van der Waals surface area contributed by atoms with Gasteiger partial charge in [-0.25, -0.2) is 0 Å². The molecule has 36 heavy (non-hydrogen) atoms. The Kier molecular flexibility index (Phi) is 10.3. The number of carbonyl (C=O) groups is 2. The van der Waals surface area contributed by atoms with Gasteiger partial charge in [0.15, 0.2) is 23.8 Å². The number of amides is 2. The molecule has 210 valence electrons. The summed E-state index contributed by atoms with van der Waals surface area (Å²) in [6, 6.07) is 0. The third kappa shape index (κ3) is 8.34. The molecule has 0 aromatic carbocycles. The largest absolute Gasteiger partial charge is 0.392 e. The summed E-state index contributed by atoms with van der Waals surface area (Å²) >= 11 is 0. The lowest BCUT2D eigenvalue weighted by Gasteiger charge is -2.32. The lowest BCUT2D eigenvalue weighted by atomic mass is 10.00. The van der Waals surface area contributed by atoms with Gasteiger partial charge >= 0.3 is 0 Å². The van der Waals surface area contributed by atoms with E-state index in [4.69, 9.17) is 18.9 Å². The average molecular weight is 519 g/mol. The summed E-state index contributed by atoms with van der Waals surface area (Å²) in [4.78, 5) is 30.2. The molecule has 0 aliphatic carbocycles. The molecule has 2 fully saturated rings. The minimum absolute atomic E-state index is 0.0107. The maximum atomic E-state index is 13.7. The van der Waals surface area contributed by atoms with Crippen LogP contribution in [0.4, 0.5) is 0 Å². The summed E-state index contributed by atoms with van der Waals surface area (Å²) in [7, 11) is 0. The predicted molar refractivity (Wildman–Crippen MR) is 131 cm³/mol. The van der Waals surface area contributed by atoms with Crippen LogP contribution in [-0.2, 0) is 28.5 Å². The molecule has 2 heterocycles. The van der Waals surface area contributed by atoms with E-state index < -0.39 is 60.2 Å². The van der Waals surface area contributed by atoms with Crippen LogP contribution >= 0.6 is 0 Å². The van der Waals surface area contributed by atoms with Crippen LogP contribution in [0.15, 0.2) is 0 Å². The van der Waals surface area contributed by atoms with Gasteiger partial charge in [-0.1, -0.05) is 13.8 Å². The van der Waals surface area contributed by atoms with E-state index in [0.29, 0.717) is 6.54 Å². The summed E-state index contributed by atoms with van der Waals surface area (Å²) in [5.41, 5.74) is 0. The number of ether oxygens (including phenoxy) is 4. The molecule has 3 unspecified atom stereocenters. The third-order valence-electron chi connectivity index (χ3n) is 5.73. The van der Waals surface area contributed by atoms with E-state index in [-0.39, 0.29) is 31.5 Å². The minimum Gasteiger partial charge on any atom is -0.392 e. The monoisotopic (exact) mass is 518 g/mol. The maximum absolute atomic E-state index is 13.7. The highest BCUT2D eigenvalue weighted by molar-refractivity contribution is 5.84. The first-order valence-corrected chi connectivity index (χ1v) is 12.8. The number of nitrogens with zero attached hydrogens (tertiary/aromatic N) is 2. The van der Waals surface area contributed by atoms with Crippen molar-refractivity contribution < 1.29 is 43.9 Å². The maximum Gasteiger partial charge on any atom is 0.254 e. The first-order chi connectivity index (χ1) is 16.4. The summed E-state index contributed by atoms with van der Waals surface area (Å²) < 4.78 is 24.3. The highest BCUT2D eigenvalue weighted by atomic mass is 16.8. The second kappa shape index (κ2) is 12.0. The second-order valence-corrected chi connectivity index (χ2v) is 11.5. The SMILES string of the molecule is CC(C)CN(CC(C)O)C(=O)[C@@H]1OC(C)(C)O[C@H]1[C@H]1OC(C)(C)O[C@@H]1C(=O)N(CC(C)O)CC(C)O. The topological polar surface area (TPSA) is 138 Å². The summed E-state index contributed by atoms with van der Waals surface area (Å²) in [6.45, 7) is 15.8. The van der Waals surface area contributed by atoms with Crippen molar-refractivity contribution in [3.05, 3.63) is 0 Å². The van der Waals surface area contributed by atoms with E-state index in [1.54, 1.807) is 53.4 Å². The van der Waals surface area contributed by atoms with Crippen LogP contribution in [0.1, 0.15) is 62.3 Å². The van der Waals surface area contributed by atoms with E-state index in [2.05, 4.69) is 0 Å². The molecule has 2 aliphatic rings. The van der Waals surface area contributed by atoms with Gasteiger partial charge in [-0.2, -0.15) is 0 Å². The Hall–Kier alpha value is -1.34. The molecule has 0 aromatic heterocycles. The molecule has 11 nitrogen and oxygen atoms in total. The Morgan fingerprint density at radius 2 is 0.944 bits per heavy atom. The first kappa shape index (κ1) is 30.9. The molecule has 0 bridgehead atoms. The first-order valence-electron chi connectivity index (χ1n) is 12.8. The van der Waals surface area contributed by atoms with Crippen LogP contribution in [0.2, 0.25) is 0 Å². The Morgan fingerprint density at radius 3 is 1.22 bits per heavy atom. The van der Waals surface area contributed by atoms with Gasteiger partial charge in [0.25, 0.3) is 11.8 Å². The zero-order chi connectivity index (χ0) is 27.6. The highest BCUT2D eigenvalue weighted by Crippen LogP contribution is 2.39. The molecule has 2 saturated heterocycles. The van der Waals surface area contributed by atoms with Crippen molar-refractivity contribution in [1.29, 1.82) is 0 Å². The van der Waals surface area contributed by atoms with Gasteiger partial charge in [0.1, 0.15) is 12.2 Å². The number of rotatable bonds is 11. The van der Waals surface area contributed by atoms with Crippen molar-refractivity contribution in [3.63, 3.8) is 0 Å². The quantitative estimate of drug-likeness (QED) is 0.357. The van der Waals surface area contributed by atoms with Crippen molar-refractivity contribution in [2.75, 3.05) is 26.2 Å². The van der Waals surface area contributed by atoms with Gasteiger partial charge in [-0.15, -0.1) is 0 Å². The molecule has 2 aliphatic heterocycles. The lowest BCUT2D eigenvalue weighted by Crippen LogP contribution is -2.55. The molecular formula is C25H46N2O9. The molecule has 0 saturated carbocycles. The molecule has 2 amide bonds. The Bertz CT molecular complexity index is 672. The molecule has 0 spiro atoms. The van der Waals surface area contributed by atoms with Gasteiger partial charge in [-0.05, 0) is 54.4 Å².